The fourth-order valence-electron chi connectivity index (χ4n) is 2.76. The third kappa shape index (κ3) is 3.81. The summed E-state index contributed by atoms with van der Waals surface area (Å²) in [6.45, 7) is 3.83. The minimum absolute atomic E-state index is 0.0352. The van der Waals surface area contributed by atoms with E-state index >= 15 is 0 Å². The summed E-state index contributed by atoms with van der Waals surface area (Å²) in [5.74, 6) is 0.487. The van der Waals surface area contributed by atoms with Gasteiger partial charge in [-0.25, -0.2) is 9.97 Å². The van der Waals surface area contributed by atoms with Crippen molar-refractivity contribution in [1.82, 2.24) is 20.3 Å². The first-order valence-electron chi connectivity index (χ1n) is 9.02. The number of hydrogen-bond donors (Lipinski definition) is 2. The molecule has 0 saturated heterocycles. The van der Waals surface area contributed by atoms with Crippen LogP contribution in [0.1, 0.15) is 37.0 Å². The summed E-state index contributed by atoms with van der Waals surface area (Å²) in [6.07, 6.45) is 2.08. The summed E-state index contributed by atoms with van der Waals surface area (Å²) in [4.78, 5) is 25.2. The van der Waals surface area contributed by atoms with Gasteiger partial charge in [0.25, 0.3) is 5.91 Å². The molecule has 1 amide bonds. The molecule has 2 heterocycles. The average Bonchev–Trinajstić information content (AvgIpc) is 3.45. The average molecular weight is 363 g/mol. The van der Waals surface area contributed by atoms with Crippen molar-refractivity contribution in [2.45, 2.75) is 38.8 Å². The number of benzene rings is 1. The van der Waals surface area contributed by atoms with Gasteiger partial charge in [0, 0.05) is 17.2 Å². The molecule has 7 nitrogen and oxygen atoms in total. The Morgan fingerprint density at radius 2 is 1.85 bits per heavy atom. The number of anilines is 1. The zero-order valence-corrected chi connectivity index (χ0v) is 15.3. The zero-order chi connectivity index (χ0) is 19.0. The molecule has 2 aromatic heterocycles. The van der Waals surface area contributed by atoms with Crippen molar-refractivity contribution in [3.8, 4) is 17.1 Å². The molecular formula is C20H21N5O2. The fraction of sp³-hybridized carbons (Fsp3) is 0.300. The van der Waals surface area contributed by atoms with Crippen LogP contribution in [0.3, 0.4) is 0 Å². The number of nitrogen functional groups attached to an aromatic ring is 1. The van der Waals surface area contributed by atoms with Gasteiger partial charge in [-0.3, -0.25) is 4.79 Å². The maximum Gasteiger partial charge on any atom is 0.251 e. The second kappa shape index (κ2) is 6.83. The summed E-state index contributed by atoms with van der Waals surface area (Å²) in [5.41, 5.74) is 9.24. The normalized spacial score (nSPS) is 13.7. The van der Waals surface area contributed by atoms with Crippen LogP contribution in [0.15, 0.2) is 36.4 Å². The molecule has 1 fully saturated rings. The Bertz CT molecular complexity index is 997. The fourth-order valence-corrected chi connectivity index (χ4v) is 2.76. The Morgan fingerprint density at radius 3 is 2.52 bits per heavy atom. The Hall–Kier alpha value is -3.22. The van der Waals surface area contributed by atoms with E-state index in [1.54, 1.807) is 0 Å². The molecule has 0 aliphatic heterocycles. The summed E-state index contributed by atoms with van der Waals surface area (Å²) < 4.78 is 5.75. The van der Waals surface area contributed by atoms with E-state index in [1.165, 1.54) is 0 Å². The van der Waals surface area contributed by atoms with E-state index in [1.807, 2.05) is 50.2 Å². The van der Waals surface area contributed by atoms with Gasteiger partial charge in [0.05, 0.1) is 17.3 Å². The van der Waals surface area contributed by atoms with E-state index in [2.05, 4.69) is 20.3 Å². The van der Waals surface area contributed by atoms with Gasteiger partial charge < -0.3 is 15.8 Å². The first-order valence-corrected chi connectivity index (χ1v) is 9.02. The Balaban J connectivity index is 1.66. The maximum atomic E-state index is 12.1. The van der Waals surface area contributed by atoms with Gasteiger partial charge in [-0.15, -0.1) is 0 Å². The number of nitrogens with zero attached hydrogens (tertiary/aromatic N) is 3. The summed E-state index contributed by atoms with van der Waals surface area (Å²) in [6, 6.07) is 11.4. The van der Waals surface area contributed by atoms with Crippen LogP contribution in [0.2, 0.25) is 0 Å². The number of aromatic nitrogens is 3. The third-order valence-electron chi connectivity index (χ3n) is 4.23. The molecule has 0 atom stereocenters. The highest BCUT2D eigenvalue weighted by Crippen LogP contribution is 2.27. The quantitative estimate of drug-likeness (QED) is 0.722. The Morgan fingerprint density at radius 1 is 1.11 bits per heavy atom. The molecule has 0 radical (unpaired) electrons. The lowest BCUT2D eigenvalue weighted by molar-refractivity contribution is 0.0951. The molecule has 1 aliphatic rings. The van der Waals surface area contributed by atoms with Gasteiger partial charge >= 0.3 is 0 Å². The number of fused-ring (bicyclic) bond motifs is 1. The molecular weight excluding hydrogens is 342 g/mol. The van der Waals surface area contributed by atoms with Crippen LogP contribution in [0.4, 0.5) is 5.95 Å². The number of pyridine rings is 1. The number of carbonyl (C=O) groups excluding carboxylic acids is 1. The number of carbonyl (C=O) groups is 1. The van der Waals surface area contributed by atoms with Crippen molar-refractivity contribution < 1.29 is 9.53 Å². The first kappa shape index (κ1) is 17.2. The highest BCUT2D eigenvalue weighted by molar-refractivity contribution is 5.95. The highest BCUT2D eigenvalue weighted by Gasteiger charge is 2.23. The monoisotopic (exact) mass is 363 g/mol. The molecule has 4 rings (SSSR count). The summed E-state index contributed by atoms with van der Waals surface area (Å²) >= 11 is 0. The lowest BCUT2D eigenvalue weighted by Gasteiger charge is -2.12. The molecule has 3 aromatic rings. The van der Waals surface area contributed by atoms with Crippen molar-refractivity contribution in [3.05, 3.63) is 42.0 Å². The van der Waals surface area contributed by atoms with E-state index < -0.39 is 0 Å². The molecule has 7 heteroatoms. The number of hydrogen-bond acceptors (Lipinski definition) is 6. The van der Waals surface area contributed by atoms with Crippen molar-refractivity contribution in [1.29, 1.82) is 0 Å². The number of ether oxygens (including phenoxy) is 1. The molecule has 27 heavy (non-hydrogen) atoms. The van der Waals surface area contributed by atoms with Crippen LogP contribution < -0.4 is 15.8 Å². The van der Waals surface area contributed by atoms with Crippen LogP contribution in [-0.4, -0.2) is 33.0 Å². The summed E-state index contributed by atoms with van der Waals surface area (Å²) in [7, 11) is 0. The first-order chi connectivity index (χ1) is 13.0. The van der Waals surface area contributed by atoms with Crippen molar-refractivity contribution in [2.75, 3.05) is 5.73 Å². The van der Waals surface area contributed by atoms with E-state index in [0.29, 0.717) is 28.5 Å². The van der Waals surface area contributed by atoms with Gasteiger partial charge in [-0.05, 0) is 51.0 Å². The molecule has 0 bridgehead atoms. The highest BCUT2D eigenvalue weighted by atomic mass is 16.5. The van der Waals surface area contributed by atoms with Crippen molar-refractivity contribution >= 4 is 22.9 Å². The zero-order valence-electron chi connectivity index (χ0n) is 15.3. The van der Waals surface area contributed by atoms with Gasteiger partial charge in [0.1, 0.15) is 0 Å². The predicted octanol–water partition coefficient (Wildman–Crippen LogP) is 2.95. The van der Waals surface area contributed by atoms with Crippen molar-refractivity contribution in [2.24, 2.45) is 0 Å². The second-order valence-electron chi connectivity index (χ2n) is 6.94. The standard InChI is InChI=1S/C20H21N5O2/c1-11(2)27-19-17-16(24-20(21)25-19)10-9-15(23-17)12-3-5-13(6-4-12)18(26)22-14-7-8-14/h3-6,9-11,14H,7-8H2,1-2H3,(H,22,26)(H2,21,24,25). The van der Waals surface area contributed by atoms with Crippen LogP contribution >= 0.6 is 0 Å². The van der Waals surface area contributed by atoms with Crippen LogP contribution in [0.5, 0.6) is 5.88 Å². The topological polar surface area (TPSA) is 103 Å². The van der Waals surface area contributed by atoms with E-state index in [-0.39, 0.29) is 18.0 Å². The molecule has 1 aromatic carbocycles. The van der Waals surface area contributed by atoms with E-state index in [4.69, 9.17) is 10.5 Å². The van der Waals surface area contributed by atoms with Gasteiger partial charge in [0.2, 0.25) is 11.8 Å². The van der Waals surface area contributed by atoms with E-state index in [9.17, 15) is 4.79 Å². The second-order valence-corrected chi connectivity index (χ2v) is 6.94. The minimum atomic E-state index is -0.0581. The lowest BCUT2D eigenvalue weighted by atomic mass is 10.1. The van der Waals surface area contributed by atoms with Crippen LogP contribution in [0.25, 0.3) is 22.3 Å². The number of amides is 1. The number of rotatable bonds is 5. The number of nitrogens with two attached hydrogens (primary N) is 1. The van der Waals surface area contributed by atoms with Gasteiger partial charge in [0.15, 0.2) is 5.52 Å². The van der Waals surface area contributed by atoms with Crippen LogP contribution in [0, 0.1) is 0 Å². The Kier molecular flexibility index (Phi) is 4.35. The van der Waals surface area contributed by atoms with Gasteiger partial charge in [-0.2, -0.15) is 4.98 Å². The Labute approximate surface area is 157 Å². The minimum Gasteiger partial charge on any atom is -0.473 e. The number of nitrogens with one attached hydrogen (secondary N) is 1. The summed E-state index contributed by atoms with van der Waals surface area (Å²) in [5, 5.41) is 2.98. The third-order valence-corrected chi connectivity index (χ3v) is 4.23. The maximum absolute atomic E-state index is 12.1. The molecule has 3 N–H and O–H groups in total. The van der Waals surface area contributed by atoms with Gasteiger partial charge in [-0.1, -0.05) is 12.1 Å². The largest absolute Gasteiger partial charge is 0.473 e. The lowest BCUT2D eigenvalue weighted by Crippen LogP contribution is -2.25. The molecule has 0 spiro atoms. The SMILES string of the molecule is CC(C)Oc1nc(N)nc2ccc(-c3ccc(C(=O)NC4CC4)cc3)nc12. The molecule has 138 valence electrons. The molecule has 1 saturated carbocycles. The van der Waals surface area contributed by atoms with Crippen LogP contribution in [-0.2, 0) is 0 Å². The van der Waals surface area contributed by atoms with E-state index in [0.717, 1.165) is 24.1 Å². The molecule has 1 aliphatic carbocycles. The smallest absolute Gasteiger partial charge is 0.251 e. The molecule has 0 unspecified atom stereocenters. The predicted molar refractivity (Wildman–Crippen MR) is 103 cm³/mol. The van der Waals surface area contributed by atoms with Crippen molar-refractivity contribution in [3.63, 3.8) is 0 Å².